The molecule has 4 heteroatoms. The van der Waals surface area contributed by atoms with Gasteiger partial charge in [0.1, 0.15) is 18.2 Å². The summed E-state index contributed by atoms with van der Waals surface area (Å²) in [5.41, 5.74) is 2.89. The summed E-state index contributed by atoms with van der Waals surface area (Å²) in [4.78, 5) is 0. The molecule has 1 heterocycles. The number of aryl methyl sites for hydroxylation is 3. The third-order valence-corrected chi connectivity index (χ3v) is 2.81. The Balaban J connectivity index is 2.13. The van der Waals surface area contributed by atoms with Crippen molar-refractivity contribution in [2.24, 2.45) is 0 Å². The fraction of sp³-hybridized carbons (Fsp3) is 0.357. The molecule has 96 valence electrons. The van der Waals surface area contributed by atoms with E-state index >= 15 is 0 Å². The number of ether oxygens (including phenoxy) is 1. The number of benzene rings is 1. The molecule has 0 aliphatic heterocycles. The first-order valence-corrected chi connectivity index (χ1v) is 6.02. The predicted molar refractivity (Wildman–Crippen MR) is 68.1 cm³/mol. The molecule has 2 rings (SSSR count). The minimum absolute atomic E-state index is 0.282. The molecule has 0 N–H and O–H groups in total. The molecule has 0 amide bonds. The highest BCUT2D eigenvalue weighted by Gasteiger charge is 2.07. The molecule has 0 saturated heterocycles. The van der Waals surface area contributed by atoms with Crippen molar-refractivity contribution in [3.05, 3.63) is 47.0 Å². The van der Waals surface area contributed by atoms with E-state index in [9.17, 15) is 4.39 Å². The van der Waals surface area contributed by atoms with E-state index in [2.05, 4.69) is 5.10 Å². The summed E-state index contributed by atoms with van der Waals surface area (Å²) >= 11 is 0. The van der Waals surface area contributed by atoms with Crippen LogP contribution in [0.2, 0.25) is 0 Å². The van der Waals surface area contributed by atoms with Crippen LogP contribution in [0.15, 0.2) is 24.3 Å². The van der Waals surface area contributed by atoms with E-state index < -0.39 is 0 Å². The lowest BCUT2D eigenvalue weighted by Crippen LogP contribution is -2.06. The van der Waals surface area contributed by atoms with E-state index in [1.807, 2.05) is 31.5 Å². The lowest BCUT2D eigenvalue weighted by atomic mass is 10.2. The maximum Gasteiger partial charge on any atom is 0.130 e. The van der Waals surface area contributed by atoms with E-state index in [1.54, 1.807) is 6.07 Å². The number of nitrogens with zero attached hydrogens (tertiary/aromatic N) is 2. The Morgan fingerprint density at radius 3 is 2.78 bits per heavy atom. The zero-order valence-corrected chi connectivity index (χ0v) is 10.9. The summed E-state index contributed by atoms with van der Waals surface area (Å²) in [5, 5.41) is 4.34. The molecule has 1 aromatic carbocycles. The minimum atomic E-state index is -0.282. The molecule has 0 aliphatic carbocycles. The van der Waals surface area contributed by atoms with Crippen molar-refractivity contribution in [1.82, 2.24) is 9.78 Å². The number of halogens is 1. The fourth-order valence-corrected chi connectivity index (χ4v) is 1.87. The molecule has 18 heavy (non-hydrogen) atoms. The van der Waals surface area contributed by atoms with Crippen molar-refractivity contribution in [3.63, 3.8) is 0 Å². The lowest BCUT2D eigenvalue weighted by Gasteiger charge is -2.10. The second-order valence-electron chi connectivity index (χ2n) is 4.29. The van der Waals surface area contributed by atoms with Gasteiger partial charge in [0.05, 0.1) is 11.4 Å². The summed E-state index contributed by atoms with van der Waals surface area (Å²) < 4.78 is 20.7. The molecule has 2 aromatic rings. The summed E-state index contributed by atoms with van der Waals surface area (Å²) in [6.45, 7) is 7.08. The van der Waals surface area contributed by atoms with Gasteiger partial charge in [0, 0.05) is 12.6 Å². The van der Waals surface area contributed by atoms with Crippen molar-refractivity contribution in [3.8, 4) is 5.75 Å². The van der Waals surface area contributed by atoms with Gasteiger partial charge in [0.15, 0.2) is 0 Å². The van der Waals surface area contributed by atoms with Crippen LogP contribution in [-0.4, -0.2) is 9.78 Å². The average molecular weight is 248 g/mol. The van der Waals surface area contributed by atoms with E-state index in [4.69, 9.17) is 4.74 Å². The largest absolute Gasteiger partial charge is 0.487 e. The highest BCUT2D eigenvalue weighted by atomic mass is 19.1. The summed E-state index contributed by atoms with van der Waals surface area (Å²) in [7, 11) is 0. The molecule has 0 radical (unpaired) electrons. The maximum absolute atomic E-state index is 13.1. The highest BCUT2D eigenvalue weighted by molar-refractivity contribution is 5.32. The van der Waals surface area contributed by atoms with Crippen LogP contribution in [-0.2, 0) is 13.2 Å². The normalized spacial score (nSPS) is 10.7. The van der Waals surface area contributed by atoms with Crippen molar-refractivity contribution in [2.75, 3.05) is 0 Å². The van der Waals surface area contributed by atoms with Crippen LogP contribution in [0.1, 0.15) is 23.9 Å². The first-order chi connectivity index (χ1) is 8.60. The van der Waals surface area contributed by atoms with Gasteiger partial charge < -0.3 is 4.74 Å². The molecule has 0 aliphatic rings. The average Bonchev–Trinajstić information content (AvgIpc) is 2.71. The molecule has 0 saturated carbocycles. The Morgan fingerprint density at radius 1 is 1.28 bits per heavy atom. The molecule has 0 unspecified atom stereocenters. The molecular weight excluding hydrogens is 231 g/mol. The van der Waals surface area contributed by atoms with E-state index in [0.717, 1.165) is 23.5 Å². The van der Waals surface area contributed by atoms with E-state index in [0.29, 0.717) is 12.4 Å². The van der Waals surface area contributed by atoms with Crippen LogP contribution in [0.3, 0.4) is 0 Å². The highest BCUT2D eigenvalue weighted by Crippen LogP contribution is 2.20. The van der Waals surface area contributed by atoms with Gasteiger partial charge in [-0.3, -0.25) is 4.68 Å². The number of hydrogen-bond acceptors (Lipinski definition) is 2. The third-order valence-electron chi connectivity index (χ3n) is 2.81. The van der Waals surface area contributed by atoms with Crippen LogP contribution in [0.4, 0.5) is 4.39 Å². The van der Waals surface area contributed by atoms with Crippen LogP contribution >= 0.6 is 0 Å². The van der Waals surface area contributed by atoms with Crippen LogP contribution in [0.25, 0.3) is 0 Å². The standard InChI is InChI=1S/C14H17FN2O/c1-4-17-13(7-11(3)16-17)9-18-14-8-12(15)6-5-10(14)2/h5-8H,4,9H2,1-3H3. The molecule has 1 aromatic heterocycles. The number of rotatable bonds is 4. The maximum atomic E-state index is 13.1. The molecule has 3 nitrogen and oxygen atoms in total. The topological polar surface area (TPSA) is 27.1 Å². The van der Waals surface area contributed by atoms with Gasteiger partial charge in [0.25, 0.3) is 0 Å². The van der Waals surface area contributed by atoms with Gasteiger partial charge >= 0.3 is 0 Å². The number of hydrogen-bond donors (Lipinski definition) is 0. The fourth-order valence-electron chi connectivity index (χ4n) is 1.87. The van der Waals surface area contributed by atoms with Crippen molar-refractivity contribution < 1.29 is 9.13 Å². The van der Waals surface area contributed by atoms with Gasteiger partial charge in [-0.25, -0.2) is 4.39 Å². The van der Waals surface area contributed by atoms with Crippen molar-refractivity contribution in [1.29, 1.82) is 0 Å². The van der Waals surface area contributed by atoms with E-state index in [1.165, 1.54) is 12.1 Å². The van der Waals surface area contributed by atoms with Crippen LogP contribution in [0.5, 0.6) is 5.75 Å². The third kappa shape index (κ3) is 2.70. The van der Waals surface area contributed by atoms with Gasteiger partial charge in [-0.15, -0.1) is 0 Å². The van der Waals surface area contributed by atoms with Crippen LogP contribution < -0.4 is 4.74 Å². The summed E-state index contributed by atoms with van der Waals surface area (Å²) in [6, 6.07) is 6.54. The lowest BCUT2D eigenvalue weighted by molar-refractivity contribution is 0.289. The molecule has 0 bridgehead atoms. The Labute approximate surface area is 106 Å². The first-order valence-electron chi connectivity index (χ1n) is 6.02. The van der Waals surface area contributed by atoms with Crippen molar-refractivity contribution >= 4 is 0 Å². The Morgan fingerprint density at radius 2 is 2.06 bits per heavy atom. The molecule has 0 atom stereocenters. The van der Waals surface area contributed by atoms with E-state index in [-0.39, 0.29) is 5.82 Å². The second kappa shape index (κ2) is 5.21. The Bertz CT molecular complexity index is 549. The summed E-state index contributed by atoms with van der Waals surface area (Å²) in [6.07, 6.45) is 0. The van der Waals surface area contributed by atoms with Gasteiger partial charge in [-0.1, -0.05) is 6.07 Å². The van der Waals surface area contributed by atoms with Crippen molar-refractivity contribution in [2.45, 2.75) is 33.9 Å². The monoisotopic (exact) mass is 248 g/mol. The summed E-state index contributed by atoms with van der Waals surface area (Å²) in [5.74, 6) is 0.298. The SMILES string of the molecule is CCn1nc(C)cc1COc1cc(F)ccc1C. The zero-order valence-electron chi connectivity index (χ0n) is 10.9. The first kappa shape index (κ1) is 12.6. The van der Waals surface area contributed by atoms with Gasteiger partial charge in [-0.05, 0) is 38.5 Å². The Hall–Kier alpha value is -1.84. The van der Waals surface area contributed by atoms with Crippen LogP contribution in [0, 0.1) is 19.7 Å². The number of aromatic nitrogens is 2. The molecular formula is C14H17FN2O. The van der Waals surface area contributed by atoms with Gasteiger partial charge in [0.2, 0.25) is 0 Å². The Kier molecular flexibility index (Phi) is 3.65. The quantitative estimate of drug-likeness (QED) is 0.830. The second-order valence-corrected chi connectivity index (χ2v) is 4.29. The van der Waals surface area contributed by atoms with Gasteiger partial charge in [-0.2, -0.15) is 5.10 Å². The molecule has 0 spiro atoms. The molecule has 0 fully saturated rings. The smallest absolute Gasteiger partial charge is 0.130 e. The predicted octanol–water partition coefficient (Wildman–Crippen LogP) is 3.24. The minimum Gasteiger partial charge on any atom is -0.487 e. The zero-order chi connectivity index (χ0) is 13.1.